The van der Waals surface area contributed by atoms with Crippen molar-refractivity contribution in [2.75, 3.05) is 54.9 Å². The summed E-state index contributed by atoms with van der Waals surface area (Å²) in [5, 5.41) is 14.8. The van der Waals surface area contributed by atoms with E-state index in [4.69, 9.17) is 21.3 Å². The largest absolute Gasteiger partial charge is 0.480 e. The molecular weight excluding hydrogens is 849 g/mol. The van der Waals surface area contributed by atoms with E-state index in [9.17, 15) is 14.4 Å². The molecule has 14 nitrogen and oxygen atoms in total. The Morgan fingerprint density at radius 2 is 1.77 bits per heavy atom. The molecule has 2 amide bonds. The fourth-order valence-corrected chi connectivity index (χ4v) is 10.7. The van der Waals surface area contributed by atoms with E-state index in [1.54, 1.807) is 38.5 Å². The number of fused-ring (bicyclic) bond motifs is 4. The number of aryl methyl sites for hydroxylation is 2. The molecule has 4 fully saturated rings. The van der Waals surface area contributed by atoms with Gasteiger partial charge in [0.2, 0.25) is 23.5 Å². The van der Waals surface area contributed by atoms with Crippen molar-refractivity contribution in [3.63, 3.8) is 0 Å². The lowest BCUT2D eigenvalue weighted by Crippen LogP contribution is -2.50. The summed E-state index contributed by atoms with van der Waals surface area (Å²) in [6.07, 6.45) is 6.13. The Morgan fingerprint density at radius 1 is 0.984 bits per heavy atom. The second-order valence-corrected chi connectivity index (χ2v) is 19.6. The molecule has 3 aromatic heterocycles. The first kappa shape index (κ1) is 42.5. The van der Waals surface area contributed by atoms with Crippen molar-refractivity contribution in [1.82, 2.24) is 34.5 Å². The molecule has 3 atom stereocenters. The lowest BCUT2D eigenvalue weighted by molar-refractivity contribution is -0.134. The van der Waals surface area contributed by atoms with Gasteiger partial charge in [-0.1, -0.05) is 37.6 Å². The molecular formula is C46H52ClF3N10O4. The number of aromatic nitrogens is 5. The standard InChI is InChI=1S/C46H52ClF3N10O4/c1-45(2)22-60(18-15-26(45)21-59-16-13-24(14-17-59)28-8-9-29-36(56-58(4)38(29)35(28)48)30-10-12-34(61)53-42(30)62)44-51-20-32(47)41(55-44)52-27-7-11-33-31(19-27)37-39(43(63)57(33)3)64-23-46(49,50)40(54-37)25-5-6-25/h7-9,11,19-20,24-26,30,40,54H,5-6,10,12-18,21-23H2,1-4H3,(H,51,52,55)(H,53,61,62)/t26-,30?,40+/m1/s1. The highest BCUT2D eigenvalue weighted by Crippen LogP contribution is 2.46. The van der Waals surface area contributed by atoms with Crippen molar-refractivity contribution in [2.24, 2.45) is 31.3 Å². The molecule has 4 aliphatic heterocycles. The van der Waals surface area contributed by atoms with Crippen LogP contribution in [0.1, 0.15) is 81.9 Å². The minimum absolute atomic E-state index is 0.0610. The smallest absolute Gasteiger partial charge is 0.301 e. The quantitative estimate of drug-likeness (QED) is 0.136. The van der Waals surface area contributed by atoms with Gasteiger partial charge in [0.15, 0.2) is 18.2 Å². The molecule has 0 bridgehead atoms. The first-order chi connectivity index (χ1) is 30.6. The number of ether oxygens (including phenoxy) is 1. The highest BCUT2D eigenvalue weighted by molar-refractivity contribution is 6.33. The fourth-order valence-electron chi connectivity index (χ4n) is 10.6. The summed E-state index contributed by atoms with van der Waals surface area (Å²) < 4.78 is 55.1. The Hall–Kier alpha value is -5.42. The third-order valence-corrected chi connectivity index (χ3v) is 14.7. The van der Waals surface area contributed by atoms with Crippen molar-refractivity contribution in [1.29, 1.82) is 0 Å². The second-order valence-electron chi connectivity index (χ2n) is 19.1. The Kier molecular flexibility index (Phi) is 10.6. The summed E-state index contributed by atoms with van der Waals surface area (Å²) in [5.74, 6) is -3.62. The molecule has 10 rings (SSSR count). The summed E-state index contributed by atoms with van der Waals surface area (Å²) in [4.78, 5) is 51.8. The topological polar surface area (TPSA) is 152 Å². The fraction of sp³-hybridized carbons (Fsp3) is 0.522. The van der Waals surface area contributed by atoms with E-state index in [2.05, 4.69) is 49.7 Å². The lowest BCUT2D eigenvalue weighted by atomic mass is 9.73. The highest BCUT2D eigenvalue weighted by Gasteiger charge is 2.51. The van der Waals surface area contributed by atoms with Crippen LogP contribution in [0, 0.1) is 23.1 Å². The number of imide groups is 1. The van der Waals surface area contributed by atoms with Crippen molar-refractivity contribution in [3.8, 4) is 5.75 Å². The SMILES string of the molecule is Cn1nc(C2CCC(=O)NC2=O)c2ccc(C3CCN(C[C@H]4CCN(c5ncc(Cl)c(Nc6ccc7c(c6)c6c(c(=O)n7C)OCC(F)(F)[C@H](C7CC7)N6)n5)CC4(C)C)CC3)c(F)c21. The van der Waals surface area contributed by atoms with Gasteiger partial charge in [-0.3, -0.25) is 24.4 Å². The second kappa shape index (κ2) is 15.9. The van der Waals surface area contributed by atoms with Crippen LogP contribution in [0.3, 0.4) is 0 Å². The van der Waals surface area contributed by atoms with E-state index in [0.717, 1.165) is 52.0 Å². The number of carbonyl (C=O) groups is 2. The highest BCUT2D eigenvalue weighted by atomic mass is 35.5. The molecule has 1 unspecified atom stereocenters. The minimum atomic E-state index is -3.14. The van der Waals surface area contributed by atoms with Crippen LogP contribution in [0.2, 0.25) is 5.02 Å². The summed E-state index contributed by atoms with van der Waals surface area (Å²) >= 11 is 6.68. The summed E-state index contributed by atoms with van der Waals surface area (Å²) in [7, 11) is 3.30. The zero-order valence-electron chi connectivity index (χ0n) is 36.3. The van der Waals surface area contributed by atoms with Crippen molar-refractivity contribution in [2.45, 2.75) is 82.6 Å². The van der Waals surface area contributed by atoms with Gasteiger partial charge in [-0.2, -0.15) is 10.1 Å². The van der Waals surface area contributed by atoms with Crippen LogP contribution in [0.25, 0.3) is 21.8 Å². The minimum Gasteiger partial charge on any atom is -0.480 e. The number of piperidine rings is 3. The normalized spacial score (nSPS) is 23.9. The van der Waals surface area contributed by atoms with Crippen LogP contribution in [0.4, 0.5) is 36.3 Å². The molecule has 0 spiro atoms. The number of halogens is 4. The number of rotatable bonds is 8. The number of carbonyl (C=O) groups excluding carboxylic acids is 2. The third-order valence-electron chi connectivity index (χ3n) is 14.4. The van der Waals surface area contributed by atoms with Gasteiger partial charge in [-0.25, -0.2) is 18.2 Å². The van der Waals surface area contributed by atoms with Gasteiger partial charge >= 0.3 is 5.92 Å². The molecule has 1 saturated carbocycles. The van der Waals surface area contributed by atoms with Crippen LogP contribution in [-0.2, 0) is 23.7 Å². The first-order valence-corrected chi connectivity index (χ1v) is 22.6. The molecule has 5 aliphatic rings. The van der Waals surface area contributed by atoms with E-state index in [0.29, 0.717) is 80.7 Å². The van der Waals surface area contributed by atoms with E-state index in [1.165, 1.54) is 9.25 Å². The van der Waals surface area contributed by atoms with Gasteiger partial charge in [0.1, 0.15) is 10.5 Å². The number of nitrogens with zero attached hydrogens (tertiary/aromatic N) is 7. The van der Waals surface area contributed by atoms with Crippen LogP contribution in [-0.4, -0.2) is 92.3 Å². The number of likely N-dealkylation sites (tertiary alicyclic amines) is 1. The van der Waals surface area contributed by atoms with E-state index in [-0.39, 0.29) is 52.7 Å². The number of benzene rings is 2. The zero-order valence-corrected chi connectivity index (χ0v) is 37.1. The number of hydrogen-bond donors (Lipinski definition) is 3. The molecule has 0 radical (unpaired) electrons. The van der Waals surface area contributed by atoms with Crippen LogP contribution in [0.5, 0.6) is 5.75 Å². The number of amides is 2. The molecule has 64 heavy (non-hydrogen) atoms. The lowest BCUT2D eigenvalue weighted by Gasteiger charge is -2.46. The molecule has 2 aromatic carbocycles. The Bertz CT molecular complexity index is 2770. The van der Waals surface area contributed by atoms with E-state index < -0.39 is 30.0 Å². The number of nitrogens with one attached hydrogen (secondary N) is 3. The number of alkyl halides is 2. The van der Waals surface area contributed by atoms with Crippen molar-refractivity contribution in [3.05, 3.63) is 69.0 Å². The molecule has 1 aliphatic carbocycles. The maximum Gasteiger partial charge on any atom is 0.301 e. The molecule has 5 aromatic rings. The maximum absolute atomic E-state index is 16.3. The average molecular weight is 901 g/mol. The zero-order chi connectivity index (χ0) is 44.8. The van der Waals surface area contributed by atoms with E-state index >= 15 is 13.2 Å². The summed E-state index contributed by atoms with van der Waals surface area (Å²) in [6, 6.07) is 7.96. The molecule has 338 valence electrons. The van der Waals surface area contributed by atoms with Crippen molar-refractivity contribution < 1.29 is 27.5 Å². The van der Waals surface area contributed by atoms with Gasteiger partial charge in [0.25, 0.3) is 5.56 Å². The van der Waals surface area contributed by atoms with Crippen LogP contribution in [0.15, 0.2) is 41.3 Å². The van der Waals surface area contributed by atoms with E-state index in [1.807, 2.05) is 12.1 Å². The van der Waals surface area contributed by atoms with Gasteiger partial charge in [0.05, 0.1) is 35.1 Å². The average Bonchev–Trinajstić information content (AvgIpc) is 4.06. The molecule has 3 N–H and O–H groups in total. The first-order valence-electron chi connectivity index (χ1n) is 22.3. The maximum atomic E-state index is 16.3. The van der Waals surface area contributed by atoms with Crippen LogP contribution < -0.4 is 31.1 Å². The summed E-state index contributed by atoms with van der Waals surface area (Å²) in [5.41, 5.74) is 2.44. The molecule has 7 heterocycles. The predicted molar refractivity (Wildman–Crippen MR) is 238 cm³/mol. The Balaban J connectivity index is 0.798. The predicted octanol–water partition coefficient (Wildman–Crippen LogP) is 7.22. The Labute approximate surface area is 372 Å². The van der Waals surface area contributed by atoms with Gasteiger partial charge in [-0.05, 0) is 98.5 Å². The van der Waals surface area contributed by atoms with Crippen molar-refractivity contribution >= 4 is 68.4 Å². The Morgan fingerprint density at radius 3 is 2.50 bits per heavy atom. The monoisotopic (exact) mass is 900 g/mol. The number of pyridine rings is 1. The van der Waals surface area contributed by atoms with Gasteiger partial charge < -0.3 is 29.7 Å². The van der Waals surface area contributed by atoms with Gasteiger partial charge in [-0.15, -0.1) is 0 Å². The third kappa shape index (κ3) is 7.61. The number of anilines is 4. The molecule has 3 saturated heterocycles. The molecule has 18 heteroatoms. The van der Waals surface area contributed by atoms with Crippen LogP contribution >= 0.6 is 11.6 Å². The van der Waals surface area contributed by atoms with Gasteiger partial charge in [0, 0.05) is 56.6 Å². The summed E-state index contributed by atoms with van der Waals surface area (Å²) in [6.45, 7) is 7.79. The number of hydrogen-bond acceptors (Lipinski definition) is 11.